The van der Waals surface area contributed by atoms with Crippen LogP contribution in [0.3, 0.4) is 0 Å². The van der Waals surface area contributed by atoms with Gasteiger partial charge in [-0.2, -0.15) is 5.26 Å². The third kappa shape index (κ3) is 7.56. The molecular weight excluding hydrogens is 697 g/mol. The molecule has 2 aromatic carbocycles. The number of nitrogens with zero attached hydrogens (tertiary/aromatic N) is 4. The summed E-state index contributed by atoms with van der Waals surface area (Å²) in [6.07, 6.45) is 4.44. The molecule has 1 aliphatic carbocycles. The molecule has 2 fully saturated rings. The Labute approximate surface area is 321 Å². The molecule has 12 heteroatoms. The molecule has 7 rings (SSSR count). The van der Waals surface area contributed by atoms with Crippen LogP contribution in [0.15, 0.2) is 54.7 Å². The number of carbonyl (C=O) groups is 3. The summed E-state index contributed by atoms with van der Waals surface area (Å²) >= 11 is 0. The molecule has 288 valence electrons. The van der Waals surface area contributed by atoms with Crippen LogP contribution in [0.1, 0.15) is 76.3 Å². The molecule has 0 spiro atoms. The fourth-order valence-electron chi connectivity index (χ4n) is 8.31. The van der Waals surface area contributed by atoms with Gasteiger partial charge in [0.15, 0.2) is 0 Å². The Morgan fingerprint density at radius 3 is 2.71 bits per heavy atom. The molecule has 2 aliphatic heterocycles. The first-order chi connectivity index (χ1) is 26.4. The lowest BCUT2D eigenvalue weighted by molar-refractivity contribution is -0.155. The number of pyridine rings is 1. The van der Waals surface area contributed by atoms with Crippen LogP contribution >= 0.6 is 0 Å². The van der Waals surface area contributed by atoms with Crippen LogP contribution in [0, 0.1) is 28.6 Å². The van der Waals surface area contributed by atoms with Gasteiger partial charge in [0.25, 0.3) is 5.91 Å². The van der Waals surface area contributed by atoms with Crippen molar-refractivity contribution in [1.82, 2.24) is 25.3 Å². The average Bonchev–Trinajstić information content (AvgIpc) is 3.46. The smallest absolute Gasteiger partial charge is 0.324 e. The minimum atomic E-state index is -1.01. The van der Waals surface area contributed by atoms with Gasteiger partial charge in [0.05, 0.1) is 42.0 Å². The number of phenolic OH excluding ortho intramolecular Hbond substituents is 1. The number of aromatic hydroxyl groups is 1. The highest BCUT2D eigenvalue weighted by Crippen LogP contribution is 2.42. The molecular formula is C43H50N6O6. The van der Waals surface area contributed by atoms with Crippen molar-refractivity contribution in [2.24, 2.45) is 17.3 Å². The second-order valence-electron chi connectivity index (χ2n) is 16.0. The van der Waals surface area contributed by atoms with Crippen LogP contribution in [0.5, 0.6) is 5.75 Å². The third-order valence-corrected chi connectivity index (χ3v) is 11.5. The van der Waals surface area contributed by atoms with E-state index in [2.05, 4.69) is 60.3 Å². The molecule has 4 aromatic rings. The molecule has 5 atom stereocenters. The van der Waals surface area contributed by atoms with Crippen LogP contribution in [-0.4, -0.2) is 69.8 Å². The van der Waals surface area contributed by atoms with E-state index in [1.807, 2.05) is 25.1 Å². The topological polar surface area (TPSA) is 159 Å². The lowest BCUT2D eigenvalue weighted by atomic mass is 9.74. The number of aryl methyl sites for hydroxylation is 1. The van der Waals surface area contributed by atoms with Gasteiger partial charge in [-0.25, -0.2) is 5.43 Å². The SMILES string of the molecule is CCn1c(-c2cccnc2[C@H](C)OC)c2c3cc(ccc31)-c1cc(O)cc(c1)C[C@H](NC(=O)C1CCC1C#N)C(=O)N1CCC[C@H](N1)C(=O)OCC(C)(C)C2. The molecule has 1 saturated carbocycles. The molecule has 4 heterocycles. The highest BCUT2D eigenvalue weighted by Gasteiger charge is 2.40. The van der Waals surface area contributed by atoms with Crippen LogP contribution in [0.25, 0.3) is 33.3 Å². The summed E-state index contributed by atoms with van der Waals surface area (Å²) in [5.41, 5.74) is 9.80. The van der Waals surface area contributed by atoms with Gasteiger partial charge in [0.1, 0.15) is 17.8 Å². The van der Waals surface area contributed by atoms with Crippen molar-refractivity contribution in [1.29, 1.82) is 5.26 Å². The summed E-state index contributed by atoms with van der Waals surface area (Å²) < 4.78 is 14.1. The van der Waals surface area contributed by atoms with Gasteiger partial charge in [0, 0.05) is 54.7 Å². The average molecular weight is 747 g/mol. The number of benzene rings is 2. The quantitative estimate of drug-likeness (QED) is 0.201. The molecule has 12 nitrogen and oxygen atoms in total. The third-order valence-electron chi connectivity index (χ3n) is 11.5. The van der Waals surface area contributed by atoms with Gasteiger partial charge < -0.3 is 24.5 Å². The van der Waals surface area contributed by atoms with E-state index in [4.69, 9.17) is 14.5 Å². The van der Waals surface area contributed by atoms with Crippen LogP contribution in [-0.2, 0) is 43.2 Å². The minimum Gasteiger partial charge on any atom is -0.508 e. The molecule has 2 amide bonds. The van der Waals surface area contributed by atoms with Crippen LogP contribution in [0.4, 0.5) is 0 Å². The molecule has 3 aliphatic rings. The number of hydrogen-bond acceptors (Lipinski definition) is 9. The van der Waals surface area contributed by atoms with Gasteiger partial charge in [-0.15, -0.1) is 0 Å². The Hall–Kier alpha value is -5.25. The van der Waals surface area contributed by atoms with Crippen molar-refractivity contribution in [2.75, 3.05) is 20.3 Å². The second-order valence-corrected chi connectivity index (χ2v) is 16.0. The van der Waals surface area contributed by atoms with E-state index in [-0.39, 0.29) is 30.8 Å². The number of hydrazine groups is 1. The number of methoxy groups -OCH3 is 1. The van der Waals surface area contributed by atoms with Crippen molar-refractivity contribution in [3.05, 3.63) is 71.5 Å². The zero-order chi connectivity index (χ0) is 39.0. The molecule has 2 aromatic heterocycles. The number of nitriles is 1. The number of nitrogens with one attached hydrogen (secondary N) is 2. The Kier molecular flexibility index (Phi) is 10.7. The van der Waals surface area contributed by atoms with E-state index in [0.717, 1.165) is 44.5 Å². The van der Waals surface area contributed by atoms with Gasteiger partial charge >= 0.3 is 5.97 Å². The first-order valence-electron chi connectivity index (χ1n) is 19.3. The van der Waals surface area contributed by atoms with E-state index in [0.29, 0.717) is 50.8 Å². The van der Waals surface area contributed by atoms with Gasteiger partial charge in [-0.3, -0.25) is 24.4 Å². The zero-order valence-corrected chi connectivity index (χ0v) is 32.2. The lowest BCUT2D eigenvalue weighted by Crippen LogP contribution is -2.61. The number of rotatable bonds is 6. The molecule has 1 saturated heterocycles. The van der Waals surface area contributed by atoms with Gasteiger partial charge in [-0.1, -0.05) is 26.0 Å². The number of aromatic nitrogens is 2. The van der Waals surface area contributed by atoms with Crippen molar-refractivity contribution in [2.45, 2.75) is 91.0 Å². The normalized spacial score (nSPS) is 23.2. The number of cyclic esters (lactones) is 1. The molecule has 55 heavy (non-hydrogen) atoms. The Bertz CT molecular complexity index is 2170. The van der Waals surface area contributed by atoms with Crippen LogP contribution in [0.2, 0.25) is 0 Å². The molecule has 0 radical (unpaired) electrons. The largest absolute Gasteiger partial charge is 0.508 e. The van der Waals surface area contributed by atoms with Gasteiger partial charge in [-0.05, 0) is 105 Å². The van der Waals surface area contributed by atoms with E-state index < -0.39 is 41.2 Å². The number of ether oxygens (including phenoxy) is 2. The van der Waals surface area contributed by atoms with E-state index in [1.165, 1.54) is 5.01 Å². The first-order valence-corrected chi connectivity index (χ1v) is 19.3. The highest BCUT2D eigenvalue weighted by atomic mass is 16.5. The second kappa shape index (κ2) is 15.5. The van der Waals surface area contributed by atoms with Gasteiger partial charge in [0.2, 0.25) is 5.91 Å². The van der Waals surface area contributed by atoms with E-state index >= 15 is 0 Å². The number of hydrogen-bond donors (Lipinski definition) is 3. The van der Waals surface area contributed by atoms with Crippen molar-refractivity contribution < 1.29 is 29.0 Å². The summed E-state index contributed by atoms with van der Waals surface area (Å²) in [5, 5.41) is 26.0. The van der Waals surface area contributed by atoms with Crippen molar-refractivity contribution >= 4 is 28.7 Å². The fraction of sp³-hybridized carbons (Fsp3) is 0.465. The Morgan fingerprint density at radius 1 is 1.16 bits per heavy atom. The number of carbonyl (C=O) groups excluding carboxylic acids is 3. The molecule has 6 bridgehead atoms. The fourth-order valence-corrected chi connectivity index (χ4v) is 8.31. The van der Waals surface area contributed by atoms with Crippen molar-refractivity contribution in [3.8, 4) is 34.2 Å². The van der Waals surface area contributed by atoms with Crippen LogP contribution < -0.4 is 10.7 Å². The summed E-state index contributed by atoms with van der Waals surface area (Å²) in [7, 11) is 1.68. The zero-order valence-electron chi connectivity index (χ0n) is 32.2. The minimum absolute atomic E-state index is 0.0312. The number of esters is 1. The highest BCUT2D eigenvalue weighted by molar-refractivity contribution is 5.95. The van der Waals surface area contributed by atoms with Crippen molar-refractivity contribution in [3.63, 3.8) is 0 Å². The summed E-state index contributed by atoms with van der Waals surface area (Å²) in [6, 6.07) is 16.0. The maximum absolute atomic E-state index is 14.2. The monoisotopic (exact) mass is 746 g/mol. The first kappa shape index (κ1) is 38.0. The predicted molar refractivity (Wildman–Crippen MR) is 207 cm³/mol. The summed E-state index contributed by atoms with van der Waals surface area (Å²) in [6.45, 7) is 9.44. The van der Waals surface area contributed by atoms with E-state index in [1.54, 1.807) is 25.4 Å². The predicted octanol–water partition coefficient (Wildman–Crippen LogP) is 6.00. The number of fused-ring (bicyclic) bond motifs is 6. The maximum atomic E-state index is 14.2. The number of amides is 2. The summed E-state index contributed by atoms with van der Waals surface area (Å²) in [5.74, 6) is -2.05. The lowest BCUT2D eigenvalue weighted by Gasteiger charge is -2.37. The van der Waals surface area contributed by atoms with E-state index in [9.17, 15) is 24.8 Å². The molecule has 2 unspecified atom stereocenters. The summed E-state index contributed by atoms with van der Waals surface area (Å²) in [4.78, 5) is 46.1. The standard InChI is InChI=1S/C43H50N6O6/c1-6-48-37-14-12-27-21-33(37)34(39(48)32-9-7-15-45-38(32)25(2)54-5)22-43(3,4)24-55-42(53)35-10-8-16-49(47-35)41(52)36(19-26-17-29(27)20-30(50)18-26)46-40(51)31-13-11-28(31)23-44/h7,9,12,14-15,17-18,20-21,25,28,31,35-36,47,50H,6,8,10-11,13,16,19,22,24H2,1-5H3,(H,46,51)/t25-,28?,31?,35-,36-/m0/s1. The Balaban J connectivity index is 1.38. The Morgan fingerprint density at radius 2 is 1.98 bits per heavy atom. The molecule has 3 N–H and O–H groups in total. The number of phenols is 1. The maximum Gasteiger partial charge on any atom is 0.324 e.